The summed E-state index contributed by atoms with van der Waals surface area (Å²) in [5.74, 6) is 0.583. The molecule has 2 aromatic rings. The van der Waals surface area contributed by atoms with Gasteiger partial charge < -0.3 is 0 Å². The minimum atomic E-state index is -3.61. The molecule has 23 heavy (non-hydrogen) atoms. The van der Waals surface area contributed by atoms with Crippen LogP contribution >= 0.6 is 0 Å². The van der Waals surface area contributed by atoms with Crippen LogP contribution in [0.15, 0.2) is 35.5 Å². The highest BCUT2D eigenvalue weighted by molar-refractivity contribution is 7.92. The molecule has 0 aliphatic carbocycles. The normalized spacial score (nSPS) is 15.1. The molecule has 0 amide bonds. The van der Waals surface area contributed by atoms with E-state index >= 15 is 0 Å². The standard InChI is InChI=1S/C16H22N4O2S/c1-12(2)8-20-9-13-5-4-6-16(15(13)11-20)18-23(21,22)14-7-17-19(3)10-14/h4-7,10,12,18H,8-9,11H2,1-3H3. The number of hydrogen-bond acceptors (Lipinski definition) is 4. The van der Waals surface area contributed by atoms with Crippen LogP contribution in [0.4, 0.5) is 5.69 Å². The molecule has 1 aromatic carbocycles. The van der Waals surface area contributed by atoms with Gasteiger partial charge in [-0.2, -0.15) is 5.10 Å². The summed E-state index contributed by atoms with van der Waals surface area (Å²) in [6.45, 7) is 7.03. The number of fused-ring (bicyclic) bond motifs is 1. The van der Waals surface area contributed by atoms with Gasteiger partial charge in [-0.25, -0.2) is 8.42 Å². The summed E-state index contributed by atoms with van der Waals surface area (Å²) in [6.07, 6.45) is 2.85. The molecule has 0 unspecified atom stereocenters. The Kier molecular flexibility index (Phi) is 4.16. The fourth-order valence-electron chi connectivity index (χ4n) is 2.97. The zero-order valence-electron chi connectivity index (χ0n) is 13.7. The second kappa shape index (κ2) is 5.98. The van der Waals surface area contributed by atoms with Crippen LogP contribution in [-0.2, 0) is 30.2 Å². The van der Waals surface area contributed by atoms with E-state index in [2.05, 4.69) is 34.6 Å². The SMILES string of the molecule is CC(C)CN1Cc2cccc(NS(=O)(=O)c3cnn(C)c3)c2C1. The number of hydrogen-bond donors (Lipinski definition) is 1. The van der Waals surface area contributed by atoms with Crippen molar-refractivity contribution in [2.24, 2.45) is 13.0 Å². The summed E-state index contributed by atoms with van der Waals surface area (Å²) in [4.78, 5) is 2.52. The van der Waals surface area contributed by atoms with E-state index in [1.54, 1.807) is 7.05 Å². The third kappa shape index (κ3) is 3.40. The Labute approximate surface area is 137 Å². The molecule has 1 N–H and O–H groups in total. The first-order valence-electron chi connectivity index (χ1n) is 7.70. The van der Waals surface area contributed by atoms with Crippen molar-refractivity contribution in [2.75, 3.05) is 11.3 Å². The highest BCUT2D eigenvalue weighted by atomic mass is 32.2. The molecule has 0 saturated heterocycles. The predicted octanol–water partition coefficient (Wildman–Crippen LogP) is 2.19. The predicted molar refractivity (Wildman–Crippen MR) is 89.4 cm³/mol. The van der Waals surface area contributed by atoms with Gasteiger partial charge in [0.25, 0.3) is 10.0 Å². The Balaban J connectivity index is 1.85. The van der Waals surface area contributed by atoms with Gasteiger partial charge in [0.1, 0.15) is 4.90 Å². The first-order valence-corrected chi connectivity index (χ1v) is 9.18. The molecule has 1 aliphatic rings. The van der Waals surface area contributed by atoms with Crippen LogP contribution in [0.5, 0.6) is 0 Å². The third-order valence-corrected chi connectivity index (χ3v) is 5.23. The number of benzene rings is 1. The number of sulfonamides is 1. The van der Waals surface area contributed by atoms with Gasteiger partial charge in [0.05, 0.1) is 11.9 Å². The number of nitrogens with one attached hydrogen (secondary N) is 1. The van der Waals surface area contributed by atoms with E-state index in [0.29, 0.717) is 11.6 Å². The van der Waals surface area contributed by atoms with Crippen LogP contribution in [0, 0.1) is 5.92 Å². The molecule has 1 aliphatic heterocycles. The van der Waals surface area contributed by atoms with Crippen molar-refractivity contribution in [3.8, 4) is 0 Å². The van der Waals surface area contributed by atoms with Crippen molar-refractivity contribution in [2.45, 2.75) is 31.8 Å². The molecular formula is C16H22N4O2S. The lowest BCUT2D eigenvalue weighted by Gasteiger charge is -2.17. The quantitative estimate of drug-likeness (QED) is 0.910. The number of rotatable bonds is 5. The Morgan fingerprint density at radius 2 is 2.09 bits per heavy atom. The van der Waals surface area contributed by atoms with E-state index < -0.39 is 10.0 Å². The molecule has 0 fully saturated rings. The first kappa shape index (κ1) is 16.0. The van der Waals surface area contributed by atoms with Gasteiger partial charge in [-0.15, -0.1) is 0 Å². The van der Waals surface area contributed by atoms with Crippen molar-refractivity contribution in [3.05, 3.63) is 41.7 Å². The van der Waals surface area contributed by atoms with Gasteiger partial charge in [-0.1, -0.05) is 26.0 Å². The van der Waals surface area contributed by atoms with E-state index in [1.165, 1.54) is 22.6 Å². The lowest BCUT2D eigenvalue weighted by Crippen LogP contribution is -2.21. The highest BCUT2D eigenvalue weighted by Gasteiger charge is 2.24. The highest BCUT2D eigenvalue weighted by Crippen LogP contribution is 2.31. The van der Waals surface area contributed by atoms with Crippen molar-refractivity contribution < 1.29 is 8.42 Å². The van der Waals surface area contributed by atoms with Gasteiger partial charge >= 0.3 is 0 Å². The molecule has 3 rings (SSSR count). The van der Waals surface area contributed by atoms with Crippen LogP contribution < -0.4 is 4.72 Å². The minimum absolute atomic E-state index is 0.176. The molecule has 0 bridgehead atoms. The molecule has 0 radical (unpaired) electrons. The molecule has 0 saturated carbocycles. The van der Waals surface area contributed by atoms with Crippen LogP contribution in [0.3, 0.4) is 0 Å². The fraction of sp³-hybridized carbons (Fsp3) is 0.438. The summed E-state index contributed by atoms with van der Waals surface area (Å²) in [5, 5.41) is 3.93. The maximum Gasteiger partial charge on any atom is 0.265 e. The summed E-state index contributed by atoms with van der Waals surface area (Å²) >= 11 is 0. The monoisotopic (exact) mass is 334 g/mol. The molecule has 1 aromatic heterocycles. The molecule has 0 atom stereocenters. The van der Waals surface area contributed by atoms with Gasteiger partial charge in [0.15, 0.2) is 0 Å². The second-order valence-electron chi connectivity index (χ2n) is 6.46. The summed E-state index contributed by atoms with van der Waals surface area (Å²) in [6, 6.07) is 5.79. The van der Waals surface area contributed by atoms with Crippen LogP contribution in [0.1, 0.15) is 25.0 Å². The Hall–Kier alpha value is -1.86. The number of aryl methyl sites for hydroxylation is 1. The lowest BCUT2D eigenvalue weighted by atomic mass is 10.1. The van der Waals surface area contributed by atoms with Crippen molar-refractivity contribution in [3.63, 3.8) is 0 Å². The fourth-order valence-corrected chi connectivity index (χ4v) is 4.05. The topological polar surface area (TPSA) is 67.2 Å². The van der Waals surface area contributed by atoms with Gasteiger partial charge in [0, 0.05) is 32.9 Å². The molecule has 7 heteroatoms. The van der Waals surface area contributed by atoms with Gasteiger partial charge in [0.2, 0.25) is 0 Å². The average Bonchev–Trinajstić information content (AvgIpc) is 3.04. The van der Waals surface area contributed by atoms with E-state index in [0.717, 1.165) is 25.2 Å². The number of anilines is 1. The maximum atomic E-state index is 12.5. The van der Waals surface area contributed by atoms with E-state index in [9.17, 15) is 8.42 Å². The van der Waals surface area contributed by atoms with Crippen LogP contribution in [-0.4, -0.2) is 29.6 Å². The summed E-state index contributed by atoms with van der Waals surface area (Å²) < 4.78 is 29.2. The Bertz CT molecular complexity index is 811. The average molecular weight is 334 g/mol. The zero-order chi connectivity index (χ0) is 16.6. The van der Waals surface area contributed by atoms with Crippen molar-refractivity contribution >= 4 is 15.7 Å². The number of nitrogens with zero attached hydrogens (tertiary/aromatic N) is 3. The van der Waals surface area contributed by atoms with Crippen LogP contribution in [0.2, 0.25) is 0 Å². The maximum absolute atomic E-state index is 12.5. The lowest BCUT2D eigenvalue weighted by molar-refractivity contribution is 0.251. The minimum Gasteiger partial charge on any atom is -0.294 e. The number of aromatic nitrogens is 2. The van der Waals surface area contributed by atoms with Gasteiger partial charge in [-0.05, 0) is 23.1 Å². The second-order valence-corrected chi connectivity index (χ2v) is 8.14. The largest absolute Gasteiger partial charge is 0.294 e. The molecular weight excluding hydrogens is 312 g/mol. The van der Waals surface area contributed by atoms with E-state index in [1.807, 2.05) is 12.1 Å². The summed E-state index contributed by atoms with van der Waals surface area (Å²) in [7, 11) is -1.91. The van der Waals surface area contributed by atoms with Gasteiger partial charge in [-0.3, -0.25) is 14.3 Å². The summed E-state index contributed by atoms with van der Waals surface area (Å²) in [5.41, 5.74) is 2.93. The van der Waals surface area contributed by atoms with Crippen molar-refractivity contribution in [1.82, 2.24) is 14.7 Å². The smallest absolute Gasteiger partial charge is 0.265 e. The molecule has 6 nitrogen and oxygen atoms in total. The Morgan fingerprint density at radius 3 is 2.74 bits per heavy atom. The van der Waals surface area contributed by atoms with E-state index in [-0.39, 0.29) is 4.90 Å². The van der Waals surface area contributed by atoms with Crippen molar-refractivity contribution in [1.29, 1.82) is 0 Å². The van der Waals surface area contributed by atoms with E-state index in [4.69, 9.17) is 0 Å². The zero-order valence-corrected chi connectivity index (χ0v) is 14.5. The molecule has 0 spiro atoms. The Morgan fingerprint density at radius 1 is 1.30 bits per heavy atom. The first-order chi connectivity index (χ1) is 10.8. The molecule has 2 heterocycles. The molecule has 124 valence electrons. The third-order valence-electron chi connectivity index (χ3n) is 3.91. The van der Waals surface area contributed by atoms with Crippen LogP contribution in [0.25, 0.3) is 0 Å².